The Balaban J connectivity index is 1.60. The van der Waals surface area contributed by atoms with Crippen molar-refractivity contribution in [2.45, 2.75) is 33.4 Å². The molecule has 1 aliphatic heterocycles. The number of hydrogen-bond acceptors (Lipinski definition) is 5. The number of rotatable bonds is 5. The summed E-state index contributed by atoms with van der Waals surface area (Å²) in [6.45, 7) is 5.58. The van der Waals surface area contributed by atoms with Crippen molar-refractivity contribution in [3.8, 4) is 5.75 Å². The molecule has 29 heavy (non-hydrogen) atoms. The van der Waals surface area contributed by atoms with Crippen LogP contribution < -0.4 is 9.64 Å². The molecule has 6 heteroatoms. The Bertz CT molecular complexity index is 1060. The highest BCUT2D eigenvalue weighted by Crippen LogP contribution is 2.24. The van der Waals surface area contributed by atoms with Crippen molar-refractivity contribution in [2.75, 3.05) is 11.4 Å². The molecular weight excluding hydrogens is 366 g/mol. The maximum atomic E-state index is 11.7. The van der Waals surface area contributed by atoms with Crippen molar-refractivity contribution in [3.63, 3.8) is 0 Å². The lowest BCUT2D eigenvalue weighted by atomic mass is 10.0. The second-order valence-corrected chi connectivity index (χ2v) is 7.26. The third kappa shape index (κ3) is 3.92. The van der Waals surface area contributed by atoms with Gasteiger partial charge in [-0.05, 0) is 48.6 Å². The largest absolute Gasteiger partial charge is 0.487 e. The molecule has 0 aliphatic carbocycles. The minimum Gasteiger partial charge on any atom is -0.487 e. The lowest BCUT2D eigenvalue weighted by molar-refractivity contribution is 0.0692. The van der Waals surface area contributed by atoms with E-state index in [1.54, 1.807) is 0 Å². The first-order chi connectivity index (χ1) is 14.0. The lowest BCUT2D eigenvalue weighted by Crippen LogP contribution is -2.32. The van der Waals surface area contributed by atoms with E-state index in [4.69, 9.17) is 4.74 Å². The summed E-state index contributed by atoms with van der Waals surface area (Å²) in [5, 5.41) is 9.54. The van der Waals surface area contributed by atoms with Gasteiger partial charge in [0.25, 0.3) is 0 Å². The van der Waals surface area contributed by atoms with Crippen LogP contribution in [0.15, 0.2) is 48.7 Å². The van der Waals surface area contributed by atoms with Gasteiger partial charge in [0.15, 0.2) is 0 Å². The molecule has 148 valence electrons. The van der Waals surface area contributed by atoms with Gasteiger partial charge in [-0.15, -0.1) is 0 Å². The van der Waals surface area contributed by atoms with Crippen LogP contribution in [-0.2, 0) is 19.6 Å². The molecule has 4 rings (SSSR count). The van der Waals surface area contributed by atoms with Crippen LogP contribution in [0, 0.1) is 13.8 Å². The summed E-state index contributed by atoms with van der Waals surface area (Å²) >= 11 is 0. The summed E-state index contributed by atoms with van der Waals surface area (Å²) in [5.41, 5.74) is 5.18. The molecular formula is C23H23N3O3. The molecule has 0 bridgehead atoms. The molecule has 2 heterocycles. The molecule has 0 spiro atoms. The van der Waals surface area contributed by atoms with Crippen LogP contribution in [0.3, 0.4) is 0 Å². The van der Waals surface area contributed by atoms with Gasteiger partial charge >= 0.3 is 5.97 Å². The minimum atomic E-state index is -1.06. The van der Waals surface area contributed by atoms with Crippen LogP contribution in [0.5, 0.6) is 5.75 Å². The van der Waals surface area contributed by atoms with E-state index in [1.165, 1.54) is 17.3 Å². The van der Waals surface area contributed by atoms with E-state index in [9.17, 15) is 9.90 Å². The third-order valence-corrected chi connectivity index (χ3v) is 5.42. The summed E-state index contributed by atoms with van der Waals surface area (Å²) in [6.07, 6.45) is 2.29. The number of carboxylic acids is 1. The van der Waals surface area contributed by atoms with Crippen LogP contribution >= 0.6 is 0 Å². The Kier molecular flexibility index (Phi) is 5.16. The fraction of sp³-hybridized carbons (Fsp3) is 0.261. The van der Waals surface area contributed by atoms with Gasteiger partial charge in [-0.2, -0.15) is 0 Å². The van der Waals surface area contributed by atoms with Crippen LogP contribution in [0.25, 0.3) is 0 Å². The quantitative estimate of drug-likeness (QED) is 0.713. The zero-order valence-corrected chi connectivity index (χ0v) is 16.6. The Labute approximate surface area is 169 Å². The molecule has 6 nitrogen and oxygen atoms in total. The Morgan fingerprint density at radius 3 is 2.72 bits per heavy atom. The smallest absolute Gasteiger partial charge is 0.339 e. The van der Waals surface area contributed by atoms with E-state index in [1.807, 2.05) is 38.1 Å². The normalized spacial score (nSPS) is 13.1. The number of carbonyl (C=O) groups is 1. The molecule has 0 atom stereocenters. The zero-order chi connectivity index (χ0) is 20.4. The van der Waals surface area contributed by atoms with Gasteiger partial charge in [-0.1, -0.05) is 36.4 Å². The SMILES string of the molecule is Cc1cccc(OCc2nc(N3CCc4ccccc4C3)ncc2C(=O)O)c1C. The summed E-state index contributed by atoms with van der Waals surface area (Å²) in [5.74, 6) is 0.206. The molecule has 3 aromatic rings. The number of benzene rings is 2. The average molecular weight is 389 g/mol. The highest BCUT2D eigenvalue weighted by molar-refractivity contribution is 5.88. The minimum absolute atomic E-state index is 0.0662. The van der Waals surface area contributed by atoms with Crippen molar-refractivity contribution in [1.82, 2.24) is 9.97 Å². The number of hydrogen-bond donors (Lipinski definition) is 1. The molecule has 0 fully saturated rings. The van der Waals surface area contributed by atoms with Gasteiger partial charge in [0.05, 0.1) is 5.69 Å². The zero-order valence-electron chi connectivity index (χ0n) is 16.6. The Morgan fingerprint density at radius 2 is 1.93 bits per heavy atom. The first kappa shape index (κ1) is 18.9. The van der Waals surface area contributed by atoms with Crippen LogP contribution in [0.4, 0.5) is 5.95 Å². The number of aromatic carboxylic acids is 1. The number of ether oxygens (including phenoxy) is 1. The third-order valence-electron chi connectivity index (χ3n) is 5.42. The predicted octanol–water partition coefficient (Wildman–Crippen LogP) is 3.93. The van der Waals surface area contributed by atoms with Gasteiger partial charge in [-0.3, -0.25) is 0 Å². The van der Waals surface area contributed by atoms with Crippen molar-refractivity contribution in [3.05, 3.63) is 82.2 Å². The summed E-state index contributed by atoms with van der Waals surface area (Å²) < 4.78 is 5.92. The monoisotopic (exact) mass is 389 g/mol. The highest BCUT2D eigenvalue weighted by Gasteiger charge is 2.21. The number of carboxylic acid groups (broad SMARTS) is 1. The molecule has 0 radical (unpaired) electrons. The molecule has 1 aromatic heterocycles. The van der Waals surface area contributed by atoms with E-state index < -0.39 is 5.97 Å². The van der Waals surface area contributed by atoms with Gasteiger partial charge in [0, 0.05) is 19.3 Å². The highest BCUT2D eigenvalue weighted by atomic mass is 16.5. The lowest BCUT2D eigenvalue weighted by Gasteiger charge is -2.29. The predicted molar refractivity (Wildman–Crippen MR) is 110 cm³/mol. The number of anilines is 1. The maximum Gasteiger partial charge on any atom is 0.339 e. The molecule has 0 amide bonds. The van der Waals surface area contributed by atoms with Crippen molar-refractivity contribution in [1.29, 1.82) is 0 Å². The second kappa shape index (κ2) is 7.91. The van der Waals surface area contributed by atoms with Gasteiger partial charge in [0.1, 0.15) is 17.9 Å². The fourth-order valence-corrected chi connectivity index (χ4v) is 3.54. The van der Waals surface area contributed by atoms with Crippen LogP contribution in [-0.4, -0.2) is 27.6 Å². The van der Waals surface area contributed by atoms with E-state index in [0.29, 0.717) is 18.2 Å². The van der Waals surface area contributed by atoms with Crippen LogP contribution in [0.2, 0.25) is 0 Å². The number of aromatic nitrogens is 2. The van der Waals surface area contributed by atoms with E-state index in [2.05, 4.69) is 33.1 Å². The molecule has 1 aliphatic rings. The summed E-state index contributed by atoms with van der Waals surface area (Å²) in [7, 11) is 0. The van der Waals surface area contributed by atoms with Crippen molar-refractivity contribution in [2.24, 2.45) is 0 Å². The Morgan fingerprint density at radius 1 is 1.14 bits per heavy atom. The second-order valence-electron chi connectivity index (χ2n) is 7.26. The van der Waals surface area contributed by atoms with Gasteiger partial charge in [-0.25, -0.2) is 14.8 Å². The molecule has 0 unspecified atom stereocenters. The van der Waals surface area contributed by atoms with E-state index >= 15 is 0 Å². The van der Waals surface area contributed by atoms with E-state index in [0.717, 1.165) is 29.8 Å². The first-order valence-corrected chi connectivity index (χ1v) is 9.63. The molecule has 0 saturated carbocycles. The summed E-state index contributed by atoms with van der Waals surface area (Å²) in [4.78, 5) is 22.6. The van der Waals surface area contributed by atoms with Crippen LogP contribution in [0.1, 0.15) is 38.3 Å². The number of nitrogens with zero attached hydrogens (tertiary/aromatic N) is 3. The van der Waals surface area contributed by atoms with Gasteiger partial charge in [0.2, 0.25) is 5.95 Å². The van der Waals surface area contributed by atoms with Crippen molar-refractivity contribution >= 4 is 11.9 Å². The molecule has 1 N–H and O–H groups in total. The van der Waals surface area contributed by atoms with E-state index in [-0.39, 0.29) is 12.2 Å². The number of fused-ring (bicyclic) bond motifs is 1. The van der Waals surface area contributed by atoms with Crippen molar-refractivity contribution < 1.29 is 14.6 Å². The summed E-state index contributed by atoms with van der Waals surface area (Å²) in [6, 6.07) is 14.2. The maximum absolute atomic E-state index is 11.7. The fourth-order valence-electron chi connectivity index (χ4n) is 3.54. The number of aryl methyl sites for hydroxylation is 1. The average Bonchev–Trinajstić information content (AvgIpc) is 2.74. The standard InChI is InChI=1S/C23H23N3O3/c1-15-6-5-9-21(16(15)2)29-14-20-19(22(27)28)12-24-23(25-20)26-11-10-17-7-3-4-8-18(17)13-26/h3-9,12H,10-11,13-14H2,1-2H3,(H,27,28). The topological polar surface area (TPSA) is 75.5 Å². The molecule has 0 saturated heterocycles. The van der Waals surface area contributed by atoms with Gasteiger partial charge < -0.3 is 14.7 Å². The molecule has 2 aromatic carbocycles. The Hall–Kier alpha value is -3.41. The first-order valence-electron chi connectivity index (χ1n) is 9.63.